The molecule has 0 aliphatic heterocycles. The van der Waals surface area contributed by atoms with Crippen molar-refractivity contribution in [3.8, 4) is 0 Å². The van der Waals surface area contributed by atoms with Crippen molar-refractivity contribution in [3.05, 3.63) is 16.6 Å². The number of hydrogen-bond acceptors (Lipinski definition) is 1. The van der Waals surface area contributed by atoms with E-state index in [1.165, 1.54) is 37.8 Å². The summed E-state index contributed by atoms with van der Waals surface area (Å²) in [4.78, 5) is 7.37. The monoisotopic (exact) mass is 228 g/mol. The van der Waals surface area contributed by atoms with Crippen LogP contribution < -0.4 is 0 Å². The Morgan fingerprint density at radius 3 is 2.67 bits per heavy atom. The van der Waals surface area contributed by atoms with Crippen molar-refractivity contribution in [1.82, 2.24) is 9.97 Å². The molecule has 1 saturated carbocycles. The molecule has 0 atom stereocenters. The highest BCUT2D eigenvalue weighted by Gasteiger charge is 2.18. The van der Waals surface area contributed by atoms with Gasteiger partial charge >= 0.3 is 0 Å². The molecule has 0 bridgehead atoms. The molecule has 12 heavy (non-hydrogen) atoms. The highest BCUT2D eigenvalue weighted by Crippen LogP contribution is 2.34. The molecule has 0 amide bonds. The Morgan fingerprint density at radius 1 is 1.33 bits per heavy atom. The van der Waals surface area contributed by atoms with Gasteiger partial charge in [0.25, 0.3) is 0 Å². The fraction of sp³-hybridized carbons (Fsp3) is 0.667. The van der Waals surface area contributed by atoms with Gasteiger partial charge in [0.1, 0.15) is 4.60 Å². The zero-order valence-corrected chi connectivity index (χ0v) is 8.60. The summed E-state index contributed by atoms with van der Waals surface area (Å²) in [7, 11) is 0. The highest BCUT2D eigenvalue weighted by molar-refractivity contribution is 9.10. The van der Waals surface area contributed by atoms with Crippen LogP contribution in [0.4, 0.5) is 0 Å². The summed E-state index contributed by atoms with van der Waals surface area (Å²) in [5.41, 5.74) is 1.30. The van der Waals surface area contributed by atoms with Crippen LogP contribution in [0.15, 0.2) is 10.9 Å². The maximum Gasteiger partial charge on any atom is 0.127 e. The molecular weight excluding hydrogens is 216 g/mol. The number of halogens is 1. The molecule has 1 aliphatic carbocycles. The predicted octanol–water partition coefficient (Wildman–Crippen LogP) is 3.22. The first kappa shape index (κ1) is 8.30. The van der Waals surface area contributed by atoms with Crippen LogP contribution in [-0.4, -0.2) is 9.97 Å². The van der Waals surface area contributed by atoms with E-state index < -0.39 is 0 Å². The molecule has 1 N–H and O–H groups in total. The molecule has 0 unspecified atom stereocenters. The zero-order chi connectivity index (χ0) is 8.39. The standard InChI is InChI=1S/C9H13BrN2/c10-9-8(11-6-12-9)7-4-2-1-3-5-7/h6-7H,1-5H2,(H,11,12). The van der Waals surface area contributed by atoms with Crippen LogP contribution in [0.3, 0.4) is 0 Å². The van der Waals surface area contributed by atoms with E-state index in [4.69, 9.17) is 0 Å². The molecule has 1 heterocycles. The molecule has 2 nitrogen and oxygen atoms in total. The molecule has 2 rings (SSSR count). The van der Waals surface area contributed by atoms with Gasteiger partial charge in [-0.05, 0) is 28.8 Å². The van der Waals surface area contributed by atoms with E-state index in [0.29, 0.717) is 0 Å². The summed E-state index contributed by atoms with van der Waals surface area (Å²) in [6.45, 7) is 0. The second-order valence-electron chi connectivity index (χ2n) is 3.44. The van der Waals surface area contributed by atoms with E-state index in [-0.39, 0.29) is 0 Å². The molecule has 0 aromatic carbocycles. The highest BCUT2D eigenvalue weighted by atomic mass is 79.9. The van der Waals surface area contributed by atoms with Crippen LogP contribution >= 0.6 is 15.9 Å². The Balaban J connectivity index is 2.13. The van der Waals surface area contributed by atoms with E-state index in [1.807, 2.05) is 0 Å². The van der Waals surface area contributed by atoms with Crippen molar-refractivity contribution in [3.63, 3.8) is 0 Å². The largest absolute Gasteiger partial charge is 0.347 e. The number of nitrogens with zero attached hydrogens (tertiary/aromatic N) is 1. The van der Waals surface area contributed by atoms with Crippen molar-refractivity contribution in [2.24, 2.45) is 0 Å². The van der Waals surface area contributed by atoms with Gasteiger partial charge in [-0.15, -0.1) is 0 Å². The van der Waals surface area contributed by atoms with Gasteiger partial charge in [-0.25, -0.2) is 4.98 Å². The summed E-state index contributed by atoms with van der Waals surface area (Å²) in [6.07, 6.45) is 8.56. The molecule has 0 saturated heterocycles. The molecule has 66 valence electrons. The van der Waals surface area contributed by atoms with Gasteiger partial charge in [-0.2, -0.15) is 0 Å². The maximum atomic E-state index is 4.15. The van der Waals surface area contributed by atoms with Crippen LogP contribution in [0.5, 0.6) is 0 Å². The van der Waals surface area contributed by atoms with Crippen LogP contribution in [0, 0.1) is 0 Å². The van der Waals surface area contributed by atoms with E-state index in [0.717, 1.165) is 10.5 Å². The molecule has 1 aliphatic rings. The average molecular weight is 229 g/mol. The Kier molecular flexibility index (Phi) is 2.49. The van der Waals surface area contributed by atoms with Crippen LogP contribution in [0.25, 0.3) is 0 Å². The third-order valence-electron chi connectivity index (χ3n) is 2.63. The van der Waals surface area contributed by atoms with E-state index in [2.05, 4.69) is 25.9 Å². The van der Waals surface area contributed by atoms with Gasteiger partial charge < -0.3 is 4.98 Å². The van der Waals surface area contributed by atoms with Gasteiger partial charge in [0, 0.05) is 5.92 Å². The van der Waals surface area contributed by atoms with Crippen LogP contribution in [0.1, 0.15) is 43.7 Å². The lowest BCUT2D eigenvalue weighted by Gasteiger charge is -2.20. The minimum absolute atomic E-state index is 0.718. The van der Waals surface area contributed by atoms with Gasteiger partial charge in [0.15, 0.2) is 0 Å². The van der Waals surface area contributed by atoms with Crippen molar-refractivity contribution in [1.29, 1.82) is 0 Å². The number of hydrogen-bond donors (Lipinski definition) is 1. The summed E-state index contributed by atoms with van der Waals surface area (Å²) in [5.74, 6) is 0.718. The fourth-order valence-corrected chi connectivity index (χ4v) is 2.51. The minimum Gasteiger partial charge on any atom is -0.347 e. The Hall–Kier alpha value is -0.310. The minimum atomic E-state index is 0.718. The van der Waals surface area contributed by atoms with E-state index >= 15 is 0 Å². The van der Waals surface area contributed by atoms with Gasteiger partial charge in [-0.1, -0.05) is 19.3 Å². The third-order valence-corrected chi connectivity index (χ3v) is 3.27. The van der Waals surface area contributed by atoms with E-state index in [1.54, 1.807) is 6.33 Å². The van der Waals surface area contributed by atoms with Gasteiger partial charge in [-0.3, -0.25) is 0 Å². The maximum absolute atomic E-state index is 4.15. The number of rotatable bonds is 1. The molecule has 3 heteroatoms. The van der Waals surface area contributed by atoms with E-state index in [9.17, 15) is 0 Å². The number of imidazole rings is 1. The average Bonchev–Trinajstić information content (AvgIpc) is 2.53. The first-order valence-electron chi connectivity index (χ1n) is 4.56. The Labute approximate surface area is 80.9 Å². The SMILES string of the molecule is Brc1nc[nH]c1C1CCCCC1. The predicted molar refractivity (Wildman–Crippen MR) is 52.1 cm³/mol. The lowest BCUT2D eigenvalue weighted by molar-refractivity contribution is 0.436. The summed E-state index contributed by atoms with van der Waals surface area (Å²) in [6, 6.07) is 0. The fourth-order valence-electron chi connectivity index (χ4n) is 1.97. The number of aromatic nitrogens is 2. The van der Waals surface area contributed by atoms with Crippen molar-refractivity contribution >= 4 is 15.9 Å². The smallest absolute Gasteiger partial charge is 0.127 e. The molecule has 1 aromatic heterocycles. The van der Waals surface area contributed by atoms with Gasteiger partial charge in [0.05, 0.1) is 12.0 Å². The summed E-state index contributed by atoms with van der Waals surface area (Å²) < 4.78 is 1.01. The first-order valence-corrected chi connectivity index (χ1v) is 5.36. The number of aromatic amines is 1. The Morgan fingerprint density at radius 2 is 2.08 bits per heavy atom. The molecule has 0 radical (unpaired) electrons. The lowest BCUT2D eigenvalue weighted by Crippen LogP contribution is -2.05. The van der Waals surface area contributed by atoms with Crippen molar-refractivity contribution in [2.75, 3.05) is 0 Å². The summed E-state index contributed by atoms with van der Waals surface area (Å²) in [5, 5.41) is 0. The molecule has 1 aromatic rings. The second-order valence-corrected chi connectivity index (χ2v) is 4.19. The lowest BCUT2D eigenvalue weighted by atomic mass is 9.87. The topological polar surface area (TPSA) is 28.7 Å². The number of nitrogens with one attached hydrogen (secondary N) is 1. The Bertz CT molecular complexity index is 251. The first-order chi connectivity index (χ1) is 5.88. The third kappa shape index (κ3) is 1.56. The quantitative estimate of drug-likeness (QED) is 0.786. The molecule has 0 spiro atoms. The molecule has 1 fully saturated rings. The van der Waals surface area contributed by atoms with Gasteiger partial charge in [0.2, 0.25) is 0 Å². The van der Waals surface area contributed by atoms with Crippen molar-refractivity contribution in [2.45, 2.75) is 38.0 Å². The van der Waals surface area contributed by atoms with Crippen molar-refractivity contribution < 1.29 is 0 Å². The van der Waals surface area contributed by atoms with Crippen LogP contribution in [0.2, 0.25) is 0 Å². The normalized spacial score (nSPS) is 19.8. The molecular formula is C9H13BrN2. The van der Waals surface area contributed by atoms with Crippen LogP contribution in [-0.2, 0) is 0 Å². The summed E-state index contributed by atoms with van der Waals surface area (Å²) >= 11 is 3.46. The zero-order valence-electron chi connectivity index (χ0n) is 7.02. The second kappa shape index (κ2) is 3.60. The number of H-pyrrole nitrogens is 1.